The number of anilines is 1. The summed E-state index contributed by atoms with van der Waals surface area (Å²) in [4.78, 5) is 18.6. The number of aromatic nitrogens is 2. The molecule has 1 heterocycles. The molecule has 1 aromatic heterocycles. The van der Waals surface area contributed by atoms with E-state index in [4.69, 9.17) is 5.73 Å². The molecular formula is C12H14N4OS2. The normalized spacial score (nSPS) is 10.5. The molecule has 0 saturated carbocycles. The van der Waals surface area contributed by atoms with Gasteiger partial charge < -0.3 is 10.6 Å². The van der Waals surface area contributed by atoms with Crippen molar-refractivity contribution in [1.82, 2.24) is 14.3 Å². The SMILES string of the molecule is Cc1nsc(Sc2cc(C(=O)N(C)C)ccc2N)n1. The molecule has 2 aromatic rings. The highest BCUT2D eigenvalue weighted by atomic mass is 32.2. The minimum absolute atomic E-state index is 0.0460. The minimum Gasteiger partial charge on any atom is -0.398 e. The highest BCUT2D eigenvalue weighted by molar-refractivity contribution is 8.01. The third-order valence-electron chi connectivity index (χ3n) is 2.37. The number of carbonyl (C=O) groups excluding carboxylic acids is 1. The smallest absolute Gasteiger partial charge is 0.253 e. The zero-order valence-corrected chi connectivity index (χ0v) is 12.5. The Labute approximate surface area is 120 Å². The van der Waals surface area contributed by atoms with Crippen molar-refractivity contribution in [2.24, 2.45) is 0 Å². The van der Waals surface area contributed by atoms with Gasteiger partial charge in [-0.25, -0.2) is 4.98 Å². The number of nitrogen functional groups attached to an aromatic ring is 1. The van der Waals surface area contributed by atoms with E-state index in [-0.39, 0.29) is 5.91 Å². The second kappa shape index (κ2) is 5.58. The average Bonchev–Trinajstić information content (AvgIpc) is 2.76. The van der Waals surface area contributed by atoms with Crippen molar-refractivity contribution in [3.8, 4) is 0 Å². The van der Waals surface area contributed by atoms with Crippen LogP contribution in [0.25, 0.3) is 0 Å². The molecule has 0 bridgehead atoms. The molecule has 100 valence electrons. The van der Waals surface area contributed by atoms with E-state index in [0.29, 0.717) is 11.3 Å². The van der Waals surface area contributed by atoms with Crippen LogP contribution in [0.4, 0.5) is 5.69 Å². The molecule has 7 heteroatoms. The molecule has 0 fully saturated rings. The monoisotopic (exact) mass is 294 g/mol. The number of aryl methyl sites for hydroxylation is 1. The first-order valence-corrected chi connectivity index (χ1v) is 7.15. The van der Waals surface area contributed by atoms with E-state index in [1.165, 1.54) is 28.2 Å². The van der Waals surface area contributed by atoms with E-state index in [9.17, 15) is 4.79 Å². The van der Waals surface area contributed by atoms with Gasteiger partial charge in [0.2, 0.25) is 0 Å². The Morgan fingerprint density at radius 3 is 2.74 bits per heavy atom. The Hall–Kier alpha value is -1.60. The number of nitrogens with zero attached hydrogens (tertiary/aromatic N) is 3. The molecule has 0 aliphatic heterocycles. The molecule has 2 rings (SSSR count). The van der Waals surface area contributed by atoms with Gasteiger partial charge in [0.25, 0.3) is 5.91 Å². The second-order valence-corrected chi connectivity index (χ2v) is 6.20. The lowest BCUT2D eigenvalue weighted by Gasteiger charge is -2.11. The highest BCUT2D eigenvalue weighted by Gasteiger charge is 2.12. The lowest BCUT2D eigenvalue weighted by molar-refractivity contribution is 0.0827. The predicted molar refractivity (Wildman–Crippen MR) is 77.6 cm³/mol. The Balaban J connectivity index is 2.29. The quantitative estimate of drug-likeness (QED) is 0.879. The van der Waals surface area contributed by atoms with Crippen molar-refractivity contribution in [2.75, 3.05) is 19.8 Å². The van der Waals surface area contributed by atoms with Crippen molar-refractivity contribution in [3.05, 3.63) is 29.6 Å². The first kappa shape index (κ1) is 13.8. The summed E-state index contributed by atoms with van der Waals surface area (Å²) in [7, 11) is 3.44. The zero-order chi connectivity index (χ0) is 14.0. The topological polar surface area (TPSA) is 72.1 Å². The van der Waals surface area contributed by atoms with E-state index in [2.05, 4.69) is 9.36 Å². The summed E-state index contributed by atoms with van der Waals surface area (Å²) in [5, 5.41) is 0. The molecule has 0 aliphatic rings. The number of hydrogen-bond acceptors (Lipinski definition) is 6. The van der Waals surface area contributed by atoms with Crippen LogP contribution in [0, 0.1) is 6.92 Å². The van der Waals surface area contributed by atoms with Crippen LogP contribution >= 0.6 is 23.3 Å². The van der Waals surface area contributed by atoms with Crippen LogP contribution in [-0.2, 0) is 0 Å². The summed E-state index contributed by atoms with van der Waals surface area (Å²) in [5.74, 6) is 0.696. The third kappa shape index (κ3) is 3.24. The Morgan fingerprint density at radius 2 is 2.16 bits per heavy atom. The fourth-order valence-corrected chi connectivity index (χ4v) is 3.12. The van der Waals surface area contributed by atoms with Gasteiger partial charge in [-0.3, -0.25) is 4.79 Å². The van der Waals surface area contributed by atoms with Crippen LogP contribution < -0.4 is 5.73 Å². The van der Waals surface area contributed by atoms with Crippen LogP contribution in [0.3, 0.4) is 0 Å². The number of amides is 1. The molecule has 0 spiro atoms. The van der Waals surface area contributed by atoms with Gasteiger partial charge in [0.1, 0.15) is 5.82 Å². The van der Waals surface area contributed by atoms with Gasteiger partial charge in [0.05, 0.1) is 0 Å². The van der Waals surface area contributed by atoms with Crippen LogP contribution in [0.1, 0.15) is 16.2 Å². The van der Waals surface area contributed by atoms with Crippen molar-refractivity contribution < 1.29 is 4.79 Å². The summed E-state index contributed by atoms with van der Waals surface area (Å²) in [6, 6.07) is 5.26. The van der Waals surface area contributed by atoms with Crippen molar-refractivity contribution in [3.63, 3.8) is 0 Å². The number of carbonyl (C=O) groups is 1. The van der Waals surface area contributed by atoms with E-state index >= 15 is 0 Å². The molecule has 1 amide bonds. The second-order valence-electron chi connectivity index (χ2n) is 4.16. The molecule has 2 N–H and O–H groups in total. The Bertz CT molecular complexity index is 610. The molecule has 0 radical (unpaired) electrons. The summed E-state index contributed by atoms with van der Waals surface area (Å²) < 4.78 is 4.94. The summed E-state index contributed by atoms with van der Waals surface area (Å²) in [5.41, 5.74) is 7.18. The van der Waals surface area contributed by atoms with E-state index in [0.717, 1.165) is 15.1 Å². The molecule has 5 nitrogen and oxygen atoms in total. The third-order valence-corrected chi connectivity index (χ3v) is 4.29. The van der Waals surface area contributed by atoms with Crippen LogP contribution in [-0.4, -0.2) is 34.3 Å². The number of benzene rings is 1. The molecule has 0 unspecified atom stereocenters. The van der Waals surface area contributed by atoms with Crippen molar-refractivity contribution >= 4 is 34.9 Å². The predicted octanol–water partition coefficient (Wildman–Crippen LogP) is 2.28. The standard InChI is InChI=1S/C12H14N4OS2/c1-7-14-12(19-15-7)18-10-6-8(4-5-9(10)13)11(17)16(2)3/h4-6H,13H2,1-3H3. The molecular weight excluding hydrogens is 280 g/mol. The molecule has 19 heavy (non-hydrogen) atoms. The van der Waals surface area contributed by atoms with Gasteiger partial charge in [-0.1, -0.05) is 11.8 Å². The highest BCUT2D eigenvalue weighted by Crippen LogP contribution is 2.33. The van der Waals surface area contributed by atoms with Crippen LogP contribution in [0.2, 0.25) is 0 Å². The first-order chi connectivity index (χ1) is 8.97. The first-order valence-electron chi connectivity index (χ1n) is 5.56. The molecule has 0 aliphatic carbocycles. The minimum atomic E-state index is -0.0460. The Kier molecular flexibility index (Phi) is 4.06. The maximum atomic E-state index is 11.9. The lowest BCUT2D eigenvalue weighted by Crippen LogP contribution is -2.21. The van der Waals surface area contributed by atoms with Gasteiger partial charge in [0.15, 0.2) is 4.34 Å². The van der Waals surface area contributed by atoms with E-state index < -0.39 is 0 Å². The van der Waals surface area contributed by atoms with Crippen molar-refractivity contribution in [2.45, 2.75) is 16.2 Å². The van der Waals surface area contributed by atoms with Crippen LogP contribution in [0.5, 0.6) is 0 Å². The summed E-state index contributed by atoms with van der Waals surface area (Å²) in [6.45, 7) is 1.84. The van der Waals surface area contributed by atoms with E-state index in [1.54, 1.807) is 32.3 Å². The maximum absolute atomic E-state index is 11.9. The molecule has 0 atom stereocenters. The van der Waals surface area contributed by atoms with Gasteiger partial charge in [-0.15, -0.1) is 0 Å². The maximum Gasteiger partial charge on any atom is 0.253 e. The fourth-order valence-electron chi connectivity index (χ4n) is 1.43. The van der Waals surface area contributed by atoms with E-state index in [1.807, 2.05) is 6.92 Å². The van der Waals surface area contributed by atoms with Gasteiger partial charge in [0, 0.05) is 30.2 Å². The van der Waals surface area contributed by atoms with Gasteiger partial charge in [-0.2, -0.15) is 4.37 Å². The zero-order valence-electron chi connectivity index (χ0n) is 10.9. The molecule has 1 aromatic carbocycles. The number of hydrogen-bond donors (Lipinski definition) is 1. The average molecular weight is 294 g/mol. The number of nitrogens with two attached hydrogens (primary N) is 1. The fraction of sp³-hybridized carbons (Fsp3) is 0.250. The van der Waals surface area contributed by atoms with Crippen LogP contribution in [0.15, 0.2) is 27.4 Å². The van der Waals surface area contributed by atoms with Gasteiger partial charge in [-0.05, 0) is 36.7 Å². The largest absolute Gasteiger partial charge is 0.398 e. The number of rotatable bonds is 3. The van der Waals surface area contributed by atoms with Crippen molar-refractivity contribution in [1.29, 1.82) is 0 Å². The summed E-state index contributed by atoms with van der Waals surface area (Å²) >= 11 is 2.75. The lowest BCUT2D eigenvalue weighted by atomic mass is 10.2. The molecule has 0 saturated heterocycles. The summed E-state index contributed by atoms with van der Waals surface area (Å²) in [6.07, 6.45) is 0. The van der Waals surface area contributed by atoms with Gasteiger partial charge >= 0.3 is 0 Å². The Morgan fingerprint density at radius 1 is 1.42 bits per heavy atom.